The van der Waals surface area contributed by atoms with Gasteiger partial charge < -0.3 is 9.84 Å². The standard InChI is InChI=1S/C18H21NO3/c1-13-10-15(6-9-17(13)22-3)12-19(2)11-14-4-7-16(8-5-14)18(20)21/h4-10H,11-12H2,1-3H3,(H,20,21). The van der Waals surface area contributed by atoms with Crippen molar-refractivity contribution in [3.05, 3.63) is 64.7 Å². The number of carbonyl (C=O) groups is 1. The zero-order valence-corrected chi connectivity index (χ0v) is 13.2. The summed E-state index contributed by atoms with van der Waals surface area (Å²) < 4.78 is 5.27. The highest BCUT2D eigenvalue weighted by atomic mass is 16.5. The van der Waals surface area contributed by atoms with Crippen molar-refractivity contribution in [3.8, 4) is 5.75 Å². The highest BCUT2D eigenvalue weighted by molar-refractivity contribution is 5.87. The molecule has 0 atom stereocenters. The second-order valence-corrected chi connectivity index (χ2v) is 5.48. The van der Waals surface area contributed by atoms with E-state index in [1.54, 1.807) is 19.2 Å². The molecule has 0 saturated carbocycles. The highest BCUT2D eigenvalue weighted by Crippen LogP contribution is 2.19. The summed E-state index contributed by atoms with van der Waals surface area (Å²) in [4.78, 5) is 13.0. The molecule has 2 rings (SSSR count). The van der Waals surface area contributed by atoms with E-state index in [1.165, 1.54) is 5.56 Å². The second kappa shape index (κ2) is 7.09. The Bertz CT molecular complexity index is 650. The number of aryl methyl sites for hydroxylation is 1. The normalized spacial score (nSPS) is 10.7. The third kappa shape index (κ3) is 4.09. The summed E-state index contributed by atoms with van der Waals surface area (Å²) in [5.41, 5.74) is 3.76. The minimum atomic E-state index is -0.895. The Morgan fingerprint density at radius 3 is 2.23 bits per heavy atom. The first-order chi connectivity index (χ1) is 10.5. The minimum Gasteiger partial charge on any atom is -0.496 e. The van der Waals surface area contributed by atoms with Crippen LogP contribution in [0.1, 0.15) is 27.0 Å². The van der Waals surface area contributed by atoms with Gasteiger partial charge in [-0.1, -0.05) is 24.3 Å². The molecule has 0 spiro atoms. The first kappa shape index (κ1) is 16.0. The van der Waals surface area contributed by atoms with E-state index in [-0.39, 0.29) is 0 Å². The van der Waals surface area contributed by atoms with Crippen LogP contribution in [0.25, 0.3) is 0 Å². The van der Waals surface area contributed by atoms with E-state index in [9.17, 15) is 4.79 Å². The van der Waals surface area contributed by atoms with Crippen molar-refractivity contribution in [2.45, 2.75) is 20.0 Å². The topological polar surface area (TPSA) is 49.8 Å². The fraction of sp³-hybridized carbons (Fsp3) is 0.278. The minimum absolute atomic E-state index is 0.317. The predicted octanol–water partition coefficient (Wildman–Crippen LogP) is 3.33. The van der Waals surface area contributed by atoms with E-state index in [0.717, 1.165) is 30.0 Å². The Morgan fingerprint density at radius 2 is 1.68 bits per heavy atom. The monoisotopic (exact) mass is 299 g/mol. The maximum absolute atomic E-state index is 10.8. The molecular formula is C18H21NO3. The van der Waals surface area contributed by atoms with Gasteiger partial charge in [-0.2, -0.15) is 0 Å². The summed E-state index contributed by atoms with van der Waals surface area (Å²) in [6.45, 7) is 3.63. The molecule has 0 unspecified atom stereocenters. The predicted molar refractivity (Wildman–Crippen MR) is 86.3 cm³/mol. The number of methoxy groups -OCH3 is 1. The number of hydrogen-bond acceptors (Lipinski definition) is 3. The Hall–Kier alpha value is -2.33. The number of aromatic carboxylic acids is 1. The van der Waals surface area contributed by atoms with Gasteiger partial charge in [0.15, 0.2) is 0 Å². The van der Waals surface area contributed by atoms with Crippen LogP contribution in [0.3, 0.4) is 0 Å². The van der Waals surface area contributed by atoms with Crippen LogP contribution in [0.5, 0.6) is 5.75 Å². The molecule has 2 aromatic rings. The Balaban J connectivity index is 1.99. The molecule has 22 heavy (non-hydrogen) atoms. The van der Waals surface area contributed by atoms with Gasteiger partial charge in [0.2, 0.25) is 0 Å². The molecular weight excluding hydrogens is 278 g/mol. The zero-order chi connectivity index (χ0) is 16.1. The summed E-state index contributed by atoms with van der Waals surface area (Å²) in [5.74, 6) is 0.00396. The molecule has 0 fully saturated rings. The fourth-order valence-electron chi connectivity index (χ4n) is 2.47. The van der Waals surface area contributed by atoms with Gasteiger partial charge in [-0.25, -0.2) is 4.79 Å². The van der Waals surface area contributed by atoms with Gasteiger partial charge in [-0.3, -0.25) is 4.90 Å². The van der Waals surface area contributed by atoms with E-state index in [1.807, 2.05) is 32.2 Å². The summed E-state index contributed by atoms with van der Waals surface area (Å²) in [6.07, 6.45) is 0. The van der Waals surface area contributed by atoms with Crippen LogP contribution in [-0.4, -0.2) is 30.1 Å². The number of ether oxygens (including phenoxy) is 1. The van der Waals surface area contributed by atoms with Crippen LogP contribution in [0, 0.1) is 6.92 Å². The quantitative estimate of drug-likeness (QED) is 0.889. The van der Waals surface area contributed by atoms with Gasteiger partial charge in [0.1, 0.15) is 5.75 Å². The Morgan fingerprint density at radius 1 is 1.09 bits per heavy atom. The SMILES string of the molecule is COc1ccc(CN(C)Cc2ccc(C(=O)O)cc2)cc1C. The molecule has 4 heteroatoms. The van der Waals surface area contributed by atoms with Crippen molar-refractivity contribution in [2.24, 2.45) is 0 Å². The molecule has 2 aromatic carbocycles. The molecule has 0 aromatic heterocycles. The maximum Gasteiger partial charge on any atom is 0.335 e. The van der Waals surface area contributed by atoms with E-state index in [2.05, 4.69) is 17.0 Å². The molecule has 4 nitrogen and oxygen atoms in total. The summed E-state index contributed by atoms with van der Waals surface area (Å²) in [7, 11) is 3.72. The van der Waals surface area contributed by atoms with Crippen molar-refractivity contribution >= 4 is 5.97 Å². The molecule has 0 aliphatic rings. The third-order valence-corrected chi connectivity index (χ3v) is 3.57. The van der Waals surface area contributed by atoms with Crippen LogP contribution in [0.4, 0.5) is 0 Å². The molecule has 1 N–H and O–H groups in total. The van der Waals surface area contributed by atoms with Crippen LogP contribution in [0.15, 0.2) is 42.5 Å². The van der Waals surface area contributed by atoms with Gasteiger partial charge in [0.05, 0.1) is 12.7 Å². The number of rotatable bonds is 6. The van der Waals surface area contributed by atoms with Crippen LogP contribution < -0.4 is 4.74 Å². The van der Waals surface area contributed by atoms with Gasteiger partial charge in [0, 0.05) is 13.1 Å². The maximum atomic E-state index is 10.8. The van der Waals surface area contributed by atoms with Crippen LogP contribution >= 0.6 is 0 Å². The van der Waals surface area contributed by atoms with Crippen LogP contribution in [-0.2, 0) is 13.1 Å². The van der Waals surface area contributed by atoms with Gasteiger partial charge >= 0.3 is 5.97 Å². The van der Waals surface area contributed by atoms with Crippen molar-refractivity contribution < 1.29 is 14.6 Å². The average molecular weight is 299 g/mol. The molecule has 0 radical (unpaired) electrons. The summed E-state index contributed by atoms with van der Waals surface area (Å²) >= 11 is 0. The van der Waals surface area contributed by atoms with E-state index >= 15 is 0 Å². The van der Waals surface area contributed by atoms with Gasteiger partial charge in [-0.15, -0.1) is 0 Å². The van der Waals surface area contributed by atoms with E-state index in [4.69, 9.17) is 9.84 Å². The highest BCUT2D eigenvalue weighted by Gasteiger charge is 2.06. The molecule has 0 amide bonds. The molecule has 0 bridgehead atoms. The van der Waals surface area contributed by atoms with Crippen molar-refractivity contribution in [2.75, 3.05) is 14.2 Å². The lowest BCUT2D eigenvalue weighted by Gasteiger charge is -2.18. The number of benzene rings is 2. The lowest BCUT2D eigenvalue weighted by atomic mass is 10.1. The van der Waals surface area contributed by atoms with Crippen molar-refractivity contribution in [1.82, 2.24) is 4.90 Å². The van der Waals surface area contributed by atoms with Crippen LogP contribution in [0.2, 0.25) is 0 Å². The van der Waals surface area contributed by atoms with Crippen molar-refractivity contribution in [3.63, 3.8) is 0 Å². The first-order valence-corrected chi connectivity index (χ1v) is 7.14. The first-order valence-electron chi connectivity index (χ1n) is 7.14. The summed E-state index contributed by atoms with van der Waals surface area (Å²) in [6, 6.07) is 13.2. The largest absolute Gasteiger partial charge is 0.496 e. The summed E-state index contributed by atoms with van der Waals surface area (Å²) in [5, 5.41) is 8.90. The molecule has 0 heterocycles. The molecule has 0 saturated heterocycles. The number of carboxylic acid groups (broad SMARTS) is 1. The zero-order valence-electron chi connectivity index (χ0n) is 13.2. The lowest BCUT2D eigenvalue weighted by Crippen LogP contribution is -2.17. The Labute approximate surface area is 131 Å². The molecule has 116 valence electrons. The van der Waals surface area contributed by atoms with Gasteiger partial charge in [-0.05, 0) is 48.9 Å². The Kier molecular flexibility index (Phi) is 5.17. The third-order valence-electron chi connectivity index (χ3n) is 3.57. The number of carboxylic acids is 1. The average Bonchev–Trinajstić information content (AvgIpc) is 2.48. The molecule has 0 aliphatic heterocycles. The van der Waals surface area contributed by atoms with Crippen molar-refractivity contribution in [1.29, 1.82) is 0 Å². The van der Waals surface area contributed by atoms with E-state index in [0.29, 0.717) is 5.56 Å². The number of hydrogen-bond donors (Lipinski definition) is 1. The van der Waals surface area contributed by atoms with Gasteiger partial charge in [0.25, 0.3) is 0 Å². The fourth-order valence-corrected chi connectivity index (χ4v) is 2.47. The molecule has 0 aliphatic carbocycles. The smallest absolute Gasteiger partial charge is 0.335 e. The van der Waals surface area contributed by atoms with E-state index < -0.39 is 5.97 Å². The lowest BCUT2D eigenvalue weighted by molar-refractivity contribution is 0.0697. The second-order valence-electron chi connectivity index (χ2n) is 5.48. The number of nitrogens with zero attached hydrogens (tertiary/aromatic N) is 1.